The van der Waals surface area contributed by atoms with Crippen LogP contribution in [0.25, 0.3) is 0 Å². The molecular weight excluding hydrogens is 376 g/mol. The van der Waals surface area contributed by atoms with E-state index in [9.17, 15) is 18.7 Å². The fraction of sp³-hybridized carbons (Fsp3) is 0.696. The van der Waals surface area contributed by atoms with Gasteiger partial charge in [0.25, 0.3) is 0 Å². The summed E-state index contributed by atoms with van der Waals surface area (Å²) in [7, 11) is 0. The number of allylic oxidation sites excluding steroid dienone is 2. The molecule has 7 unspecified atom stereocenters. The standard InChI is InChI=1S/C23H31F2NO3/c24-16-3-1-2-15(10-16)13-29-17-5-6-18-19(12-17)22(23(18)28)26-21-7-4-14(8-9-27)11-20(21)25/h2,5-6,9,11,16-23,26,28H,1,3-4,7-8,10,12-13H2/t16?,17?,18?,19?,20?,21?,22?,23-/m1/s1. The van der Waals surface area contributed by atoms with Crippen LogP contribution in [0.1, 0.15) is 44.9 Å². The number of alkyl halides is 2. The van der Waals surface area contributed by atoms with E-state index in [1.54, 1.807) is 6.08 Å². The second-order valence-electron chi connectivity index (χ2n) is 8.92. The lowest BCUT2D eigenvalue weighted by Gasteiger charge is -2.53. The number of aliphatic hydroxyl groups excluding tert-OH is 1. The lowest BCUT2D eigenvalue weighted by Crippen LogP contribution is -2.66. The van der Waals surface area contributed by atoms with Crippen molar-refractivity contribution in [3.63, 3.8) is 0 Å². The maximum atomic E-state index is 14.5. The van der Waals surface area contributed by atoms with Gasteiger partial charge in [-0.15, -0.1) is 0 Å². The molecule has 0 aromatic rings. The molecule has 4 rings (SSSR count). The van der Waals surface area contributed by atoms with E-state index in [0.29, 0.717) is 38.7 Å². The van der Waals surface area contributed by atoms with Gasteiger partial charge in [-0.2, -0.15) is 0 Å². The van der Waals surface area contributed by atoms with Crippen LogP contribution in [0.4, 0.5) is 8.78 Å². The second-order valence-corrected chi connectivity index (χ2v) is 8.92. The molecule has 8 atom stereocenters. The van der Waals surface area contributed by atoms with Crippen molar-refractivity contribution < 1.29 is 23.4 Å². The topological polar surface area (TPSA) is 58.6 Å². The van der Waals surface area contributed by atoms with Crippen LogP contribution in [-0.4, -0.2) is 54.6 Å². The van der Waals surface area contributed by atoms with Crippen LogP contribution in [0.5, 0.6) is 0 Å². The molecule has 0 spiro atoms. The van der Waals surface area contributed by atoms with E-state index in [-0.39, 0.29) is 30.0 Å². The summed E-state index contributed by atoms with van der Waals surface area (Å²) in [4.78, 5) is 10.6. The van der Waals surface area contributed by atoms with Crippen molar-refractivity contribution in [3.8, 4) is 0 Å². The predicted molar refractivity (Wildman–Crippen MR) is 107 cm³/mol. The Morgan fingerprint density at radius 3 is 2.86 bits per heavy atom. The van der Waals surface area contributed by atoms with Gasteiger partial charge in [0.15, 0.2) is 0 Å². The number of nitrogens with one attached hydrogen (secondary N) is 1. The first kappa shape index (κ1) is 20.9. The molecule has 0 saturated heterocycles. The first-order valence-electron chi connectivity index (χ1n) is 10.9. The Kier molecular flexibility index (Phi) is 6.62. The molecule has 0 bridgehead atoms. The van der Waals surface area contributed by atoms with Gasteiger partial charge in [-0.3, -0.25) is 0 Å². The first-order valence-corrected chi connectivity index (χ1v) is 10.9. The van der Waals surface area contributed by atoms with Gasteiger partial charge in [0, 0.05) is 30.8 Å². The molecule has 0 amide bonds. The van der Waals surface area contributed by atoms with Crippen LogP contribution in [-0.2, 0) is 9.53 Å². The number of carbonyl (C=O) groups excluding carboxylic acids is 1. The summed E-state index contributed by atoms with van der Waals surface area (Å²) in [5.74, 6) is 0.293. The van der Waals surface area contributed by atoms with Crippen molar-refractivity contribution in [2.45, 2.75) is 81.6 Å². The van der Waals surface area contributed by atoms with Crippen molar-refractivity contribution in [2.24, 2.45) is 11.8 Å². The van der Waals surface area contributed by atoms with Crippen LogP contribution < -0.4 is 5.32 Å². The van der Waals surface area contributed by atoms with E-state index >= 15 is 0 Å². The highest BCUT2D eigenvalue weighted by molar-refractivity contribution is 5.54. The van der Waals surface area contributed by atoms with Crippen molar-refractivity contribution >= 4 is 6.29 Å². The average Bonchev–Trinajstić information content (AvgIpc) is 2.71. The van der Waals surface area contributed by atoms with Crippen LogP contribution in [0, 0.1) is 11.8 Å². The quantitative estimate of drug-likeness (QED) is 0.502. The van der Waals surface area contributed by atoms with Crippen LogP contribution in [0.15, 0.2) is 35.5 Å². The molecule has 0 aliphatic heterocycles. The number of hydrogen-bond donors (Lipinski definition) is 2. The van der Waals surface area contributed by atoms with E-state index in [2.05, 4.69) is 11.4 Å². The highest BCUT2D eigenvalue weighted by atomic mass is 19.1. The average molecular weight is 408 g/mol. The molecule has 29 heavy (non-hydrogen) atoms. The van der Waals surface area contributed by atoms with Gasteiger partial charge in [-0.25, -0.2) is 8.78 Å². The summed E-state index contributed by atoms with van der Waals surface area (Å²) < 4.78 is 34.1. The zero-order chi connectivity index (χ0) is 20.4. The third-order valence-corrected chi connectivity index (χ3v) is 6.96. The summed E-state index contributed by atoms with van der Waals surface area (Å²) in [6, 6.07) is -0.477. The van der Waals surface area contributed by atoms with E-state index in [1.165, 1.54) is 0 Å². The zero-order valence-corrected chi connectivity index (χ0v) is 16.7. The van der Waals surface area contributed by atoms with Gasteiger partial charge >= 0.3 is 0 Å². The molecule has 1 saturated carbocycles. The van der Waals surface area contributed by atoms with E-state index in [4.69, 9.17) is 4.74 Å². The minimum absolute atomic E-state index is 0.0550. The van der Waals surface area contributed by atoms with Gasteiger partial charge in [0.05, 0.1) is 18.8 Å². The summed E-state index contributed by atoms with van der Waals surface area (Å²) in [5.41, 5.74) is 1.89. The minimum Gasteiger partial charge on any atom is -0.391 e. The fourth-order valence-corrected chi connectivity index (χ4v) is 5.24. The van der Waals surface area contributed by atoms with Gasteiger partial charge < -0.3 is 20.0 Å². The Morgan fingerprint density at radius 1 is 1.24 bits per heavy atom. The van der Waals surface area contributed by atoms with Gasteiger partial charge in [0.1, 0.15) is 18.6 Å². The maximum absolute atomic E-state index is 14.5. The van der Waals surface area contributed by atoms with Crippen molar-refractivity contribution in [2.75, 3.05) is 6.61 Å². The molecule has 4 aliphatic carbocycles. The van der Waals surface area contributed by atoms with Gasteiger partial charge in [0.2, 0.25) is 0 Å². The third kappa shape index (κ3) is 4.70. The Bertz CT molecular complexity index is 692. The number of fused-ring (bicyclic) bond motifs is 1. The zero-order valence-electron chi connectivity index (χ0n) is 16.7. The van der Waals surface area contributed by atoms with Gasteiger partial charge in [-0.1, -0.05) is 23.8 Å². The molecule has 0 aromatic heterocycles. The van der Waals surface area contributed by atoms with Gasteiger partial charge in [-0.05, 0) is 49.7 Å². The highest BCUT2D eigenvalue weighted by Crippen LogP contribution is 2.43. The molecule has 2 N–H and O–H groups in total. The number of rotatable bonds is 7. The van der Waals surface area contributed by atoms with E-state index in [1.807, 2.05) is 12.2 Å². The summed E-state index contributed by atoms with van der Waals surface area (Å²) in [5, 5.41) is 13.9. The molecule has 4 aliphatic rings. The fourth-order valence-electron chi connectivity index (χ4n) is 5.24. The Morgan fingerprint density at radius 2 is 2.10 bits per heavy atom. The summed E-state index contributed by atoms with van der Waals surface area (Å²) >= 11 is 0. The van der Waals surface area contributed by atoms with Crippen LogP contribution >= 0.6 is 0 Å². The van der Waals surface area contributed by atoms with Crippen LogP contribution in [0.3, 0.4) is 0 Å². The van der Waals surface area contributed by atoms with E-state index < -0.39 is 18.4 Å². The van der Waals surface area contributed by atoms with Crippen LogP contribution in [0.2, 0.25) is 0 Å². The SMILES string of the molecule is O=CCC1=CC(F)C(NC2C3CC(OCC4=CCCC(F)C4)C=CC3[C@H]2O)CC1. The second kappa shape index (κ2) is 9.19. The molecular formula is C23H31F2NO3. The predicted octanol–water partition coefficient (Wildman–Crippen LogP) is 3.36. The Hall–Kier alpha value is -1.37. The largest absolute Gasteiger partial charge is 0.391 e. The number of aliphatic hydroxyl groups is 1. The molecule has 160 valence electrons. The lowest BCUT2D eigenvalue weighted by atomic mass is 9.61. The molecule has 0 aromatic carbocycles. The summed E-state index contributed by atoms with van der Waals surface area (Å²) in [6.07, 6.45) is 10.3. The van der Waals surface area contributed by atoms with E-state index in [0.717, 1.165) is 30.3 Å². The Balaban J connectivity index is 1.30. The Labute approximate surface area is 171 Å². The van der Waals surface area contributed by atoms with Crippen molar-refractivity contribution in [3.05, 3.63) is 35.5 Å². The molecule has 1 fully saturated rings. The molecule has 0 heterocycles. The maximum Gasteiger partial charge on any atom is 0.134 e. The first-order chi connectivity index (χ1) is 14.0. The number of ether oxygens (including phenoxy) is 1. The number of halogens is 2. The molecule has 0 radical (unpaired) electrons. The van der Waals surface area contributed by atoms with Crippen molar-refractivity contribution in [1.29, 1.82) is 0 Å². The molecule has 6 heteroatoms. The number of carbonyl (C=O) groups is 1. The smallest absolute Gasteiger partial charge is 0.134 e. The monoisotopic (exact) mass is 407 g/mol. The minimum atomic E-state index is -1.14. The molecule has 4 nitrogen and oxygen atoms in total. The third-order valence-electron chi connectivity index (χ3n) is 6.96. The lowest BCUT2D eigenvalue weighted by molar-refractivity contribution is -0.107. The van der Waals surface area contributed by atoms with Crippen molar-refractivity contribution in [1.82, 2.24) is 5.32 Å². The number of aldehydes is 1. The number of hydrogen-bond acceptors (Lipinski definition) is 4. The normalized spacial score (nSPS) is 41.8. The summed E-state index contributed by atoms with van der Waals surface area (Å²) in [6.45, 7) is 0.451. The highest BCUT2D eigenvalue weighted by Gasteiger charge is 2.51.